The van der Waals surface area contributed by atoms with E-state index in [-0.39, 0.29) is 29.1 Å². The Kier molecular flexibility index (Phi) is 10.2. The van der Waals surface area contributed by atoms with E-state index in [0.717, 1.165) is 47.9 Å². The van der Waals surface area contributed by atoms with E-state index >= 15 is 0 Å². The van der Waals surface area contributed by atoms with Gasteiger partial charge in [-0.2, -0.15) is 13.2 Å². The summed E-state index contributed by atoms with van der Waals surface area (Å²) >= 11 is 3.40. The molecule has 12 heteroatoms. The van der Waals surface area contributed by atoms with Crippen LogP contribution < -0.4 is 9.62 Å². The smallest absolute Gasteiger partial charge is 0.352 e. The Morgan fingerprint density at radius 1 is 1.00 bits per heavy atom. The molecule has 2 amide bonds. The lowest BCUT2D eigenvalue weighted by Gasteiger charge is -2.32. The third-order valence-corrected chi connectivity index (χ3v) is 9.74. The van der Waals surface area contributed by atoms with E-state index in [4.69, 9.17) is 0 Å². The first-order chi connectivity index (χ1) is 20.3. The van der Waals surface area contributed by atoms with Crippen LogP contribution in [0.5, 0.6) is 0 Å². The van der Waals surface area contributed by atoms with E-state index in [1.807, 2.05) is 0 Å². The highest BCUT2D eigenvalue weighted by Crippen LogP contribution is 2.33. The standard InChI is InChI=1S/C31H33BrF3N3O4S/c1-21-13-15-28(16-14-21)43(41,42)38(27-12-6-8-24(18-27)31(33,34)35)20-29(39)37(19-23-7-5-9-25(32)17-23)22(2)30(40)36-26-10-3-4-11-26/h5-9,12-18,22,26H,3-4,10-11,19-20H2,1-2H3,(H,36,40). The first-order valence-electron chi connectivity index (χ1n) is 13.9. The summed E-state index contributed by atoms with van der Waals surface area (Å²) in [5, 5.41) is 2.98. The highest BCUT2D eigenvalue weighted by molar-refractivity contribution is 9.10. The van der Waals surface area contributed by atoms with Crippen LogP contribution in [0.1, 0.15) is 49.3 Å². The van der Waals surface area contributed by atoms with Gasteiger partial charge in [-0.25, -0.2) is 8.42 Å². The Bertz CT molecular complexity index is 1560. The van der Waals surface area contributed by atoms with E-state index in [1.54, 1.807) is 50.2 Å². The highest BCUT2D eigenvalue weighted by Gasteiger charge is 2.35. The van der Waals surface area contributed by atoms with Crippen LogP contribution in [0.25, 0.3) is 0 Å². The quantitative estimate of drug-likeness (QED) is 0.267. The molecule has 1 N–H and O–H groups in total. The fourth-order valence-corrected chi connectivity index (χ4v) is 6.86. The van der Waals surface area contributed by atoms with Gasteiger partial charge in [0.1, 0.15) is 12.6 Å². The third kappa shape index (κ3) is 8.17. The number of amides is 2. The molecule has 43 heavy (non-hydrogen) atoms. The second-order valence-corrected chi connectivity index (χ2v) is 13.5. The topological polar surface area (TPSA) is 86.8 Å². The molecule has 3 aromatic rings. The van der Waals surface area contributed by atoms with E-state index in [0.29, 0.717) is 15.9 Å². The number of anilines is 1. The van der Waals surface area contributed by atoms with Crippen LogP contribution in [0.3, 0.4) is 0 Å². The minimum absolute atomic E-state index is 0.0127. The Hall–Kier alpha value is -3.38. The van der Waals surface area contributed by atoms with Gasteiger partial charge in [0, 0.05) is 17.1 Å². The number of benzene rings is 3. The molecule has 0 saturated heterocycles. The first-order valence-corrected chi connectivity index (χ1v) is 16.1. The molecule has 4 rings (SSSR count). The first kappa shape index (κ1) is 32.5. The van der Waals surface area contributed by atoms with Crippen molar-refractivity contribution in [2.24, 2.45) is 0 Å². The number of carbonyl (C=O) groups excluding carboxylic acids is 2. The Morgan fingerprint density at radius 3 is 2.28 bits per heavy atom. The van der Waals surface area contributed by atoms with E-state index in [1.165, 1.54) is 23.1 Å². The van der Waals surface area contributed by atoms with Crippen LogP contribution in [0.4, 0.5) is 18.9 Å². The van der Waals surface area contributed by atoms with Crippen molar-refractivity contribution in [2.45, 2.75) is 69.2 Å². The maximum Gasteiger partial charge on any atom is 0.416 e. The van der Waals surface area contributed by atoms with Crippen LogP contribution in [0, 0.1) is 6.92 Å². The molecule has 0 bridgehead atoms. The zero-order chi connectivity index (χ0) is 31.4. The van der Waals surface area contributed by atoms with Gasteiger partial charge in [-0.15, -0.1) is 0 Å². The monoisotopic (exact) mass is 679 g/mol. The largest absolute Gasteiger partial charge is 0.416 e. The number of aryl methyl sites for hydroxylation is 1. The predicted molar refractivity (Wildman–Crippen MR) is 162 cm³/mol. The molecule has 1 unspecified atom stereocenters. The fraction of sp³-hybridized carbons (Fsp3) is 0.355. The van der Waals surface area contributed by atoms with Crippen molar-refractivity contribution in [2.75, 3.05) is 10.8 Å². The molecule has 1 aliphatic rings. The van der Waals surface area contributed by atoms with E-state index in [2.05, 4.69) is 21.2 Å². The average Bonchev–Trinajstić information content (AvgIpc) is 3.47. The van der Waals surface area contributed by atoms with Crippen LogP contribution >= 0.6 is 15.9 Å². The molecule has 0 aromatic heterocycles. The SMILES string of the molecule is Cc1ccc(S(=O)(=O)N(CC(=O)N(Cc2cccc(Br)c2)C(C)C(=O)NC2CCCC2)c2cccc(C(F)(F)F)c2)cc1. The van der Waals surface area contributed by atoms with Crippen molar-refractivity contribution < 1.29 is 31.2 Å². The van der Waals surface area contributed by atoms with Gasteiger partial charge in [0.2, 0.25) is 11.8 Å². The molecule has 3 aromatic carbocycles. The lowest BCUT2D eigenvalue weighted by atomic mass is 10.1. The number of carbonyl (C=O) groups is 2. The number of sulfonamides is 1. The van der Waals surface area contributed by atoms with Crippen LogP contribution in [-0.2, 0) is 32.3 Å². The van der Waals surface area contributed by atoms with Gasteiger partial charge in [-0.3, -0.25) is 13.9 Å². The van der Waals surface area contributed by atoms with Gasteiger partial charge in [-0.1, -0.05) is 64.7 Å². The second kappa shape index (κ2) is 13.5. The summed E-state index contributed by atoms with van der Waals surface area (Å²) in [7, 11) is -4.50. The third-order valence-electron chi connectivity index (χ3n) is 7.46. The Labute approximate surface area is 258 Å². The highest BCUT2D eigenvalue weighted by atomic mass is 79.9. The minimum Gasteiger partial charge on any atom is -0.352 e. The number of nitrogens with one attached hydrogen (secondary N) is 1. The Balaban J connectivity index is 1.73. The van der Waals surface area contributed by atoms with Gasteiger partial charge in [0.15, 0.2) is 0 Å². The molecular formula is C31H33BrF3N3O4S. The van der Waals surface area contributed by atoms with Gasteiger partial charge < -0.3 is 10.2 Å². The summed E-state index contributed by atoms with van der Waals surface area (Å²) in [5.41, 5.74) is 0.0734. The Morgan fingerprint density at radius 2 is 1.65 bits per heavy atom. The molecule has 7 nitrogen and oxygen atoms in total. The number of hydrogen-bond acceptors (Lipinski definition) is 4. The number of alkyl halides is 3. The number of rotatable bonds is 10. The second-order valence-electron chi connectivity index (χ2n) is 10.7. The molecule has 0 heterocycles. The summed E-state index contributed by atoms with van der Waals surface area (Å²) in [6.07, 6.45) is -1.10. The predicted octanol–water partition coefficient (Wildman–Crippen LogP) is 6.45. The molecule has 1 atom stereocenters. The molecule has 0 spiro atoms. The van der Waals surface area contributed by atoms with Crippen molar-refractivity contribution in [1.82, 2.24) is 10.2 Å². The maximum absolute atomic E-state index is 14.0. The van der Waals surface area contributed by atoms with E-state index < -0.39 is 40.3 Å². The van der Waals surface area contributed by atoms with Crippen molar-refractivity contribution in [3.05, 3.63) is 94.0 Å². The molecular weight excluding hydrogens is 647 g/mol. The summed E-state index contributed by atoms with van der Waals surface area (Å²) in [6.45, 7) is 2.47. The molecule has 1 aliphatic carbocycles. The van der Waals surface area contributed by atoms with Crippen LogP contribution in [0.2, 0.25) is 0 Å². The molecule has 230 valence electrons. The zero-order valence-electron chi connectivity index (χ0n) is 23.8. The fourth-order valence-electron chi connectivity index (χ4n) is 5.01. The van der Waals surface area contributed by atoms with Gasteiger partial charge >= 0.3 is 6.18 Å². The van der Waals surface area contributed by atoms with Crippen molar-refractivity contribution in [3.63, 3.8) is 0 Å². The van der Waals surface area contributed by atoms with Gasteiger partial charge in [0.05, 0.1) is 16.1 Å². The minimum atomic E-state index is -4.74. The van der Waals surface area contributed by atoms with Crippen molar-refractivity contribution in [1.29, 1.82) is 0 Å². The van der Waals surface area contributed by atoms with Crippen molar-refractivity contribution in [3.8, 4) is 0 Å². The summed E-state index contributed by atoms with van der Waals surface area (Å²) in [5.74, 6) is -1.13. The van der Waals surface area contributed by atoms with Gasteiger partial charge in [-0.05, 0) is 74.7 Å². The van der Waals surface area contributed by atoms with E-state index in [9.17, 15) is 31.2 Å². The molecule has 1 saturated carbocycles. The molecule has 1 fully saturated rings. The summed E-state index contributed by atoms with van der Waals surface area (Å²) in [4.78, 5) is 28.4. The summed E-state index contributed by atoms with van der Waals surface area (Å²) < 4.78 is 70.1. The van der Waals surface area contributed by atoms with Crippen LogP contribution in [-0.4, -0.2) is 43.8 Å². The summed E-state index contributed by atoms with van der Waals surface area (Å²) in [6, 6.07) is 15.7. The maximum atomic E-state index is 14.0. The van der Waals surface area contributed by atoms with Gasteiger partial charge in [0.25, 0.3) is 10.0 Å². The van der Waals surface area contributed by atoms with Crippen molar-refractivity contribution >= 4 is 43.5 Å². The number of halogens is 4. The van der Waals surface area contributed by atoms with Crippen LogP contribution in [0.15, 0.2) is 82.2 Å². The normalized spacial score (nSPS) is 14.7. The lowest BCUT2D eigenvalue weighted by Crippen LogP contribution is -2.52. The average molecular weight is 681 g/mol. The molecule has 0 radical (unpaired) electrons. The zero-order valence-corrected chi connectivity index (χ0v) is 26.2. The lowest BCUT2D eigenvalue weighted by molar-refractivity contribution is -0.139. The molecule has 0 aliphatic heterocycles. The number of nitrogens with zero attached hydrogens (tertiary/aromatic N) is 2. The number of hydrogen-bond donors (Lipinski definition) is 1.